The van der Waals surface area contributed by atoms with Gasteiger partial charge in [-0.3, -0.25) is 4.79 Å². The van der Waals surface area contributed by atoms with E-state index in [1.54, 1.807) is 25.1 Å². The van der Waals surface area contributed by atoms with E-state index < -0.39 is 0 Å². The van der Waals surface area contributed by atoms with Crippen LogP contribution in [0.1, 0.15) is 28.9 Å². The van der Waals surface area contributed by atoms with Crippen LogP contribution in [0.15, 0.2) is 30.3 Å². The number of benzene rings is 2. The molecule has 2 aromatic carbocycles. The number of hydrogen-bond donors (Lipinski definition) is 2. The highest BCUT2D eigenvalue weighted by Crippen LogP contribution is 2.35. The van der Waals surface area contributed by atoms with E-state index in [0.717, 1.165) is 5.56 Å². The van der Waals surface area contributed by atoms with Gasteiger partial charge < -0.3 is 15.2 Å². The van der Waals surface area contributed by atoms with Crippen LogP contribution in [0, 0.1) is 0 Å². The normalized spacial score (nSPS) is 11.9. The molecule has 4 nitrogen and oxygen atoms in total. The molecular formula is C16H14Cl3NO3. The fraction of sp³-hybridized carbons (Fsp3) is 0.188. The lowest BCUT2D eigenvalue weighted by Crippen LogP contribution is -2.26. The van der Waals surface area contributed by atoms with E-state index in [1.165, 1.54) is 19.2 Å². The van der Waals surface area contributed by atoms with Gasteiger partial charge >= 0.3 is 0 Å². The molecule has 0 unspecified atom stereocenters. The molecule has 23 heavy (non-hydrogen) atoms. The summed E-state index contributed by atoms with van der Waals surface area (Å²) >= 11 is 17.9. The van der Waals surface area contributed by atoms with Crippen LogP contribution in [0.4, 0.5) is 0 Å². The Labute approximate surface area is 148 Å². The number of rotatable bonds is 4. The maximum absolute atomic E-state index is 12.4. The molecule has 2 N–H and O–H groups in total. The van der Waals surface area contributed by atoms with Crippen LogP contribution in [0.3, 0.4) is 0 Å². The Kier molecular flexibility index (Phi) is 5.63. The first-order valence-corrected chi connectivity index (χ1v) is 7.79. The molecule has 0 radical (unpaired) electrons. The van der Waals surface area contributed by atoms with Crippen LogP contribution in [-0.4, -0.2) is 18.1 Å². The van der Waals surface area contributed by atoms with Crippen molar-refractivity contribution in [3.8, 4) is 11.5 Å². The molecule has 1 atom stereocenters. The van der Waals surface area contributed by atoms with Crippen molar-refractivity contribution in [2.45, 2.75) is 13.0 Å². The molecule has 0 saturated heterocycles. The summed E-state index contributed by atoms with van der Waals surface area (Å²) in [4.78, 5) is 12.4. The highest BCUT2D eigenvalue weighted by atomic mass is 35.5. The number of carbonyl (C=O) groups is 1. The van der Waals surface area contributed by atoms with Crippen molar-refractivity contribution in [1.29, 1.82) is 0 Å². The zero-order valence-electron chi connectivity index (χ0n) is 12.4. The summed E-state index contributed by atoms with van der Waals surface area (Å²) in [6.45, 7) is 1.80. The first kappa shape index (κ1) is 17.7. The minimum atomic E-state index is -0.372. The molecule has 0 fully saturated rings. The Hall–Kier alpha value is -1.62. The highest BCUT2D eigenvalue weighted by molar-refractivity contribution is 6.35. The Morgan fingerprint density at radius 3 is 2.48 bits per heavy atom. The molecule has 0 aromatic heterocycles. The third-order valence-electron chi connectivity index (χ3n) is 3.29. The highest BCUT2D eigenvalue weighted by Gasteiger charge is 2.17. The van der Waals surface area contributed by atoms with Crippen molar-refractivity contribution in [2.75, 3.05) is 7.11 Å². The standard InChI is InChI=1S/C16H14Cl3NO3/c1-8(11-4-3-10(17)7-12(11)18)20-16(22)9-5-13(19)15(21)14(6-9)23-2/h3-8,21H,1-2H3,(H,20,22)/t8-/m0/s1. The Morgan fingerprint density at radius 2 is 1.87 bits per heavy atom. The van der Waals surface area contributed by atoms with Crippen molar-refractivity contribution < 1.29 is 14.6 Å². The zero-order chi connectivity index (χ0) is 17.1. The first-order chi connectivity index (χ1) is 10.8. The molecule has 0 bridgehead atoms. The molecule has 0 heterocycles. The number of carbonyl (C=O) groups excluding carboxylic acids is 1. The predicted molar refractivity (Wildman–Crippen MR) is 92.0 cm³/mol. The molecule has 0 aliphatic carbocycles. The third-order valence-corrected chi connectivity index (χ3v) is 4.14. The summed E-state index contributed by atoms with van der Waals surface area (Å²) in [5.41, 5.74) is 1.00. The predicted octanol–water partition coefficient (Wildman–Crippen LogP) is 4.85. The second kappa shape index (κ2) is 7.30. The summed E-state index contributed by atoms with van der Waals surface area (Å²) < 4.78 is 4.99. The van der Waals surface area contributed by atoms with Crippen molar-refractivity contribution in [2.24, 2.45) is 0 Å². The molecule has 7 heteroatoms. The molecule has 0 spiro atoms. The fourth-order valence-electron chi connectivity index (χ4n) is 2.07. The topological polar surface area (TPSA) is 58.6 Å². The molecule has 0 aliphatic heterocycles. The smallest absolute Gasteiger partial charge is 0.251 e. The molecule has 122 valence electrons. The van der Waals surface area contributed by atoms with Gasteiger partial charge in [0, 0.05) is 15.6 Å². The average molecular weight is 375 g/mol. The van der Waals surface area contributed by atoms with Crippen LogP contribution >= 0.6 is 34.8 Å². The number of phenolic OH excluding ortho intramolecular Hbond substituents is 1. The van der Waals surface area contributed by atoms with E-state index in [9.17, 15) is 9.90 Å². The minimum Gasteiger partial charge on any atom is -0.503 e. The van der Waals surface area contributed by atoms with Crippen molar-refractivity contribution in [3.05, 3.63) is 56.5 Å². The first-order valence-electron chi connectivity index (χ1n) is 6.65. The number of methoxy groups -OCH3 is 1. The van der Waals surface area contributed by atoms with Crippen LogP contribution in [-0.2, 0) is 0 Å². The number of aromatic hydroxyl groups is 1. The van der Waals surface area contributed by atoms with E-state index in [0.29, 0.717) is 10.0 Å². The Balaban J connectivity index is 2.23. The maximum atomic E-state index is 12.4. The third kappa shape index (κ3) is 4.02. The summed E-state index contributed by atoms with van der Waals surface area (Å²) in [7, 11) is 1.38. The number of ether oxygens (including phenoxy) is 1. The summed E-state index contributed by atoms with van der Waals surface area (Å²) in [5.74, 6) is -0.456. The molecule has 2 aromatic rings. The number of phenols is 1. The van der Waals surface area contributed by atoms with Crippen LogP contribution < -0.4 is 10.1 Å². The molecule has 2 rings (SSSR count). The van der Waals surface area contributed by atoms with Crippen LogP contribution in [0.5, 0.6) is 11.5 Å². The van der Waals surface area contributed by atoms with E-state index in [4.69, 9.17) is 39.5 Å². The number of halogens is 3. The summed E-state index contributed by atoms with van der Waals surface area (Å²) in [6.07, 6.45) is 0. The van der Waals surface area contributed by atoms with E-state index in [1.807, 2.05) is 0 Å². The largest absolute Gasteiger partial charge is 0.503 e. The fourth-order valence-corrected chi connectivity index (χ4v) is 2.85. The second-order valence-corrected chi connectivity index (χ2v) is 6.12. The number of nitrogens with one attached hydrogen (secondary N) is 1. The molecule has 0 saturated carbocycles. The van der Waals surface area contributed by atoms with E-state index >= 15 is 0 Å². The lowest BCUT2D eigenvalue weighted by Gasteiger charge is -2.16. The lowest BCUT2D eigenvalue weighted by atomic mass is 10.1. The lowest BCUT2D eigenvalue weighted by molar-refractivity contribution is 0.0939. The monoisotopic (exact) mass is 373 g/mol. The SMILES string of the molecule is COc1cc(C(=O)N[C@@H](C)c2ccc(Cl)cc2Cl)cc(Cl)c1O. The van der Waals surface area contributed by atoms with Crippen molar-refractivity contribution in [3.63, 3.8) is 0 Å². The average Bonchev–Trinajstić information content (AvgIpc) is 2.49. The molecular weight excluding hydrogens is 361 g/mol. The van der Waals surface area contributed by atoms with Gasteiger partial charge in [0.15, 0.2) is 11.5 Å². The van der Waals surface area contributed by atoms with Crippen molar-refractivity contribution in [1.82, 2.24) is 5.32 Å². The van der Waals surface area contributed by atoms with E-state index in [2.05, 4.69) is 5.32 Å². The van der Waals surface area contributed by atoms with Gasteiger partial charge in [0.25, 0.3) is 5.91 Å². The Bertz CT molecular complexity index is 750. The molecule has 1 amide bonds. The summed E-state index contributed by atoms with van der Waals surface area (Å²) in [6, 6.07) is 7.50. The van der Waals surface area contributed by atoms with Crippen LogP contribution in [0.2, 0.25) is 15.1 Å². The van der Waals surface area contributed by atoms with Gasteiger partial charge in [0.1, 0.15) is 0 Å². The van der Waals surface area contributed by atoms with Gasteiger partial charge in [-0.05, 0) is 36.8 Å². The number of hydrogen-bond acceptors (Lipinski definition) is 3. The second-order valence-electron chi connectivity index (χ2n) is 4.87. The van der Waals surface area contributed by atoms with Gasteiger partial charge in [-0.1, -0.05) is 40.9 Å². The van der Waals surface area contributed by atoms with E-state index in [-0.39, 0.29) is 34.0 Å². The molecule has 0 aliphatic rings. The van der Waals surface area contributed by atoms with Gasteiger partial charge in [-0.15, -0.1) is 0 Å². The number of amides is 1. The van der Waals surface area contributed by atoms with Gasteiger partial charge in [0.05, 0.1) is 18.2 Å². The van der Waals surface area contributed by atoms with Crippen molar-refractivity contribution >= 4 is 40.7 Å². The van der Waals surface area contributed by atoms with Gasteiger partial charge in [-0.25, -0.2) is 0 Å². The van der Waals surface area contributed by atoms with Gasteiger partial charge in [-0.2, -0.15) is 0 Å². The quantitative estimate of drug-likeness (QED) is 0.804. The minimum absolute atomic E-state index is 0.0340. The Morgan fingerprint density at radius 1 is 1.17 bits per heavy atom. The van der Waals surface area contributed by atoms with Gasteiger partial charge in [0.2, 0.25) is 0 Å². The maximum Gasteiger partial charge on any atom is 0.251 e. The zero-order valence-corrected chi connectivity index (χ0v) is 14.6. The van der Waals surface area contributed by atoms with Crippen LogP contribution in [0.25, 0.3) is 0 Å². The summed E-state index contributed by atoms with van der Waals surface area (Å²) in [5, 5.41) is 13.5.